The Morgan fingerprint density at radius 2 is 2.00 bits per heavy atom. The van der Waals surface area contributed by atoms with Crippen molar-refractivity contribution in [2.24, 2.45) is 5.92 Å². The Balaban J connectivity index is 1.29. The molecule has 8 heteroatoms. The van der Waals surface area contributed by atoms with Crippen molar-refractivity contribution >= 4 is 16.9 Å². The predicted octanol–water partition coefficient (Wildman–Crippen LogP) is 4.04. The molecule has 38 heavy (non-hydrogen) atoms. The molecule has 1 aromatic carbocycles. The van der Waals surface area contributed by atoms with Gasteiger partial charge in [0.25, 0.3) is 11.5 Å². The zero-order valence-corrected chi connectivity index (χ0v) is 22.2. The Morgan fingerprint density at radius 1 is 1.16 bits per heavy atom. The van der Waals surface area contributed by atoms with Crippen LogP contribution in [0.1, 0.15) is 62.8 Å². The van der Waals surface area contributed by atoms with Crippen molar-refractivity contribution in [1.82, 2.24) is 9.47 Å². The number of hydrogen-bond acceptors (Lipinski definition) is 6. The molecule has 0 N–H and O–H groups in total. The number of rotatable bonds is 5. The van der Waals surface area contributed by atoms with Gasteiger partial charge in [-0.1, -0.05) is 19.4 Å². The van der Waals surface area contributed by atoms with E-state index in [1.807, 2.05) is 35.4 Å². The molecule has 0 radical (unpaired) electrons. The van der Waals surface area contributed by atoms with Gasteiger partial charge in [0.2, 0.25) is 0 Å². The SMILES string of the molecule is CCCc1cc(=O)oc2c3c(cc(OCC(=O)N4C[C@H]5C[C@@H](C4)c4cccc(=O)n4C5)c12)OC(C)(C)CC3. The average Bonchev–Trinajstić information content (AvgIpc) is 2.87. The van der Waals surface area contributed by atoms with Crippen LogP contribution < -0.4 is 20.7 Å². The van der Waals surface area contributed by atoms with Crippen LogP contribution in [0.4, 0.5) is 0 Å². The molecule has 0 unspecified atom stereocenters. The topological polar surface area (TPSA) is 91.0 Å². The molecule has 0 saturated carbocycles. The fourth-order valence-electron chi connectivity index (χ4n) is 6.43. The van der Waals surface area contributed by atoms with Gasteiger partial charge in [-0.05, 0) is 57.1 Å². The number of hydrogen-bond donors (Lipinski definition) is 0. The molecule has 3 aliphatic rings. The largest absolute Gasteiger partial charge is 0.487 e. The number of nitrogens with zero attached hydrogens (tertiary/aromatic N) is 2. The number of fused-ring (bicyclic) bond motifs is 7. The van der Waals surface area contributed by atoms with Gasteiger partial charge in [-0.3, -0.25) is 9.59 Å². The summed E-state index contributed by atoms with van der Waals surface area (Å²) in [7, 11) is 0. The standard InChI is InChI=1S/C30H34N2O6/c1-4-6-19-12-27(35)37-29-21-9-10-30(2,3)38-23(21)13-24(28(19)29)36-17-26(34)31-14-18-11-20(16-31)22-7-5-8-25(33)32(22)15-18/h5,7-8,12-13,18,20H,4,6,9-11,14-17H2,1-3H3/t18-,20+/m1/s1. The maximum absolute atomic E-state index is 13.4. The van der Waals surface area contributed by atoms with Crippen LogP contribution in [-0.2, 0) is 24.2 Å². The Labute approximate surface area is 221 Å². The van der Waals surface area contributed by atoms with Crippen LogP contribution in [0.15, 0.2) is 44.3 Å². The van der Waals surface area contributed by atoms with Gasteiger partial charge in [0.1, 0.15) is 22.7 Å². The lowest BCUT2D eigenvalue weighted by atomic mass is 9.83. The lowest BCUT2D eigenvalue weighted by Crippen LogP contribution is -2.50. The summed E-state index contributed by atoms with van der Waals surface area (Å²) in [5.41, 5.74) is 2.55. The second kappa shape index (κ2) is 9.33. The van der Waals surface area contributed by atoms with E-state index in [0.717, 1.165) is 47.9 Å². The number of pyridine rings is 1. The molecule has 3 aromatic rings. The second-order valence-electron chi connectivity index (χ2n) is 11.5. The van der Waals surface area contributed by atoms with Gasteiger partial charge in [-0.25, -0.2) is 4.79 Å². The maximum Gasteiger partial charge on any atom is 0.336 e. The zero-order valence-electron chi connectivity index (χ0n) is 22.2. The zero-order chi connectivity index (χ0) is 26.6. The molecular formula is C30H34N2O6. The van der Waals surface area contributed by atoms with E-state index in [0.29, 0.717) is 43.1 Å². The quantitative estimate of drug-likeness (QED) is 0.474. The molecule has 6 rings (SSSR count). The molecule has 2 atom stereocenters. The van der Waals surface area contributed by atoms with Crippen LogP contribution in [0.2, 0.25) is 0 Å². The maximum atomic E-state index is 13.4. The number of carbonyl (C=O) groups is 1. The van der Waals surface area contributed by atoms with Crippen LogP contribution in [0, 0.1) is 5.92 Å². The number of carbonyl (C=O) groups excluding carboxylic acids is 1. The Morgan fingerprint density at radius 3 is 2.82 bits per heavy atom. The molecule has 2 bridgehead atoms. The van der Waals surface area contributed by atoms with Gasteiger partial charge in [-0.15, -0.1) is 0 Å². The van der Waals surface area contributed by atoms with Crippen LogP contribution >= 0.6 is 0 Å². The van der Waals surface area contributed by atoms with Crippen molar-refractivity contribution in [1.29, 1.82) is 0 Å². The summed E-state index contributed by atoms with van der Waals surface area (Å²) in [6.07, 6.45) is 4.08. The van der Waals surface area contributed by atoms with Gasteiger partial charge in [0, 0.05) is 55.0 Å². The van der Waals surface area contributed by atoms with Gasteiger partial charge in [-0.2, -0.15) is 0 Å². The molecule has 2 aromatic heterocycles. The summed E-state index contributed by atoms with van der Waals surface area (Å²) in [6, 6.07) is 8.79. The molecule has 1 amide bonds. The second-order valence-corrected chi connectivity index (χ2v) is 11.5. The smallest absolute Gasteiger partial charge is 0.336 e. The first kappa shape index (κ1) is 24.8. The normalized spacial score (nSPS) is 21.4. The number of likely N-dealkylation sites (tertiary alicyclic amines) is 1. The highest BCUT2D eigenvalue weighted by Crippen LogP contribution is 2.43. The van der Waals surface area contributed by atoms with Crippen LogP contribution in [0.5, 0.6) is 11.5 Å². The van der Waals surface area contributed by atoms with E-state index in [1.54, 1.807) is 12.1 Å². The number of piperidine rings is 1. The number of amides is 1. The summed E-state index contributed by atoms with van der Waals surface area (Å²) in [6.45, 7) is 7.83. The summed E-state index contributed by atoms with van der Waals surface area (Å²) >= 11 is 0. The summed E-state index contributed by atoms with van der Waals surface area (Å²) in [5.74, 6) is 1.45. The van der Waals surface area contributed by atoms with Gasteiger partial charge in [0.05, 0.1) is 5.39 Å². The lowest BCUT2D eigenvalue weighted by Gasteiger charge is -2.42. The van der Waals surface area contributed by atoms with E-state index < -0.39 is 0 Å². The highest BCUT2D eigenvalue weighted by atomic mass is 16.5. The molecule has 5 heterocycles. The van der Waals surface area contributed by atoms with Crippen LogP contribution in [0.3, 0.4) is 0 Å². The van der Waals surface area contributed by atoms with E-state index in [9.17, 15) is 14.4 Å². The van der Waals surface area contributed by atoms with Crippen molar-refractivity contribution < 1.29 is 18.7 Å². The van der Waals surface area contributed by atoms with Crippen LogP contribution in [0.25, 0.3) is 11.0 Å². The van der Waals surface area contributed by atoms with Crippen molar-refractivity contribution in [2.75, 3.05) is 19.7 Å². The number of ether oxygens (including phenoxy) is 2. The van der Waals surface area contributed by atoms with E-state index in [2.05, 4.69) is 6.92 Å². The van der Waals surface area contributed by atoms with Crippen molar-refractivity contribution in [3.63, 3.8) is 0 Å². The Kier molecular flexibility index (Phi) is 6.08. The van der Waals surface area contributed by atoms with Gasteiger partial charge in [0.15, 0.2) is 6.61 Å². The summed E-state index contributed by atoms with van der Waals surface area (Å²) in [4.78, 5) is 40.1. The average molecular weight is 519 g/mol. The molecule has 200 valence electrons. The molecule has 0 spiro atoms. The fraction of sp³-hybridized carbons (Fsp3) is 0.500. The Hall–Kier alpha value is -3.55. The third-order valence-corrected chi connectivity index (χ3v) is 8.19. The molecule has 1 saturated heterocycles. The molecule has 8 nitrogen and oxygen atoms in total. The van der Waals surface area contributed by atoms with Crippen molar-refractivity contribution in [3.8, 4) is 11.5 Å². The minimum Gasteiger partial charge on any atom is -0.487 e. The number of aromatic nitrogens is 1. The molecular weight excluding hydrogens is 484 g/mol. The van der Waals surface area contributed by atoms with Gasteiger partial charge >= 0.3 is 5.63 Å². The third kappa shape index (κ3) is 4.40. The van der Waals surface area contributed by atoms with E-state index in [1.165, 1.54) is 6.07 Å². The molecule has 1 fully saturated rings. The lowest BCUT2D eigenvalue weighted by molar-refractivity contribution is -0.136. The predicted molar refractivity (Wildman–Crippen MR) is 143 cm³/mol. The first-order valence-electron chi connectivity index (χ1n) is 13.6. The highest BCUT2D eigenvalue weighted by molar-refractivity contribution is 5.92. The highest BCUT2D eigenvalue weighted by Gasteiger charge is 2.36. The number of benzene rings is 1. The van der Waals surface area contributed by atoms with E-state index in [4.69, 9.17) is 13.9 Å². The Bertz CT molecular complexity index is 1530. The van der Waals surface area contributed by atoms with E-state index in [-0.39, 0.29) is 41.1 Å². The monoisotopic (exact) mass is 518 g/mol. The first-order chi connectivity index (χ1) is 18.2. The third-order valence-electron chi connectivity index (χ3n) is 8.19. The minimum atomic E-state index is -0.388. The molecule has 0 aliphatic carbocycles. The minimum absolute atomic E-state index is 0.0273. The fourth-order valence-corrected chi connectivity index (χ4v) is 6.43. The van der Waals surface area contributed by atoms with Crippen molar-refractivity contribution in [3.05, 3.63) is 67.9 Å². The summed E-state index contributed by atoms with van der Waals surface area (Å²) < 4.78 is 20.1. The molecule has 3 aliphatic heterocycles. The van der Waals surface area contributed by atoms with E-state index >= 15 is 0 Å². The number of aryl methyl sites for hydroxylation is 2. The first-order valence-corrected chi connectivity index (χ1v) is 13.6. The summed E-state index contributed by atoms with van der Waals surface area (Å²) in [5, 5.41) is 0.755. The van der Waals surface area contributed by atoms with Crippen molar-refractivity contribution in [2.45, 2.75) is 70.9 Å². The van der Waals surface area contributed by atoms with Gasteiger partial charge < -0.3 is 23.4 Å². The van der Waals surface area contributed by atoms with Crippen LogP contribution in [-0.4, -0.2) is 40.7 Å².